The van der Waals surface area contributed by atoms with Gasteiger partial charge in [-0.15, -0.1) is 0 Å². The van der Waals surface area contributed by atoms with Crippen LogP contribution in [0.2, 0.25) is 5.02 Å². The first-order valence-electron chi connectivity index (χ1n) is 8.90. The van der Waals surface area contributed by atoms with Gasteiger partial charge >= 0.3 is 5.97 Å². The van der Waals surface area contributed by atoms with Crippen LogP contribution in [0.4, 0.5) is 0 Å². The van der Waals surface area contributed by atoms with Crippen molar-refractivity contribution in [3.05, 3.63) is 52.5 Å². The van der Waals surface area contributed by atoms with Gasteiger partial charge in [-0.1, -0.05) is 37.6 Å². The molecule has 1 unspecified atom stereocenters. The van der Waals surface area contributed by atoms with Crippen LogP contribution in [-0.2, 0) is 16.0 Å². The van der Waals surface area contributed by atoms with Crippen LogP contribution in [0.1, 0.15) is 25.0 Å². The molecule has 0 fully saturated rings. The maximum atomic E-state index is 12.1. The maximum Gasteiger partial charge on any atom is 0.313 e. The minimum Gasteiger partial charge on any atom is -0.508 e. The summed E-state index contributed by atoms with van der Waals surface area (Å²) in [6.45, 7) is 2.60. The molecule has 2 aromatic carbocycles. The van der Waals surface area contributed by atoms with Crippen molar-refractivity contribution in [1.82, 2.24) is 0 Å². The molecule has 3 N–H and O–H groups in total. The van der Waals surface area contributed by atoms with Gasteiger partial charge in [0.1, 0.15) is 18.4 Å². The molecule has 0 aliphatic carbocycles. The van der Waals surface area contributed by atoms with E-state index in [2.05, 4.69) is 4.99 Å². The number of carbonyl (C=O) groups excluding carboxylic acids is 2. The number of ketones is 1. The number of aliphatic imine (C=N–C) groups is 1. The van der Waals surface area contributed by atoms with E-state index in [4.69, 9.17) is 16.3 Å². The molecular weight excluding hydrogens is 398 g/mol. The number of rotatable bonds is 8. The zero-order chi connectivity index (χ0) is 21.6. The number of aliphatic hydroxyl groups excluding tert-OH is 1. The summed E-state index contributed by atoms with van der Waals surface area (Å²) in [6.07, 6.45) is 1.46. The third-order valence-corrected chi connectivity index (χ3v) is 4.24. The highest BCUT2D eigenvalue weighted by Crippen LogP contribution is 2.33. The molecule has 2 aromatic rings. The van der Waals surface area contributed by atoms with Crippen molar-refractivity contribution in [1.29, 1.82) is 0 Å². The van der Waals surface area contributed by atoms with Gasteiger partial charge in [0.05, 0.1) is 5.92 Å². The lowest BCUT2D eigenvalue weighted by Crippen LogP contribution is -2.24. The zero-order valence-electron chi connectivity index (χ0n) is 16.0. The average Bonchev–Trinajstić information content (AvgIpc) is 2.67. The number of ether oxygens (including phenoxy) is 1. The SMILES string of the molecule is CC(C)C(=O)Oc1c(O)cc(Cl)cc1C=NC(Cc1ccc(O)cc1)C(=O)CO. The van der Waals surface area contributed by atoms with E-state index < -0.39 is 30.3 Å². The Balaban J connectivity index is 2.35. The van der Waals surface area contributed by atoms with Crippen LogP contribution in [-0.4, -0.2) is 45.9 Å². The largest absolute Gasteiger partial charge is 0.508 e. The first-order chi connectivity index (χ1) is 13.7. The summed E-state index contributed by atoms with van der Waals surface area (Å²) in [6, 6.07) is 8.01. The van der Waals surface area contributed by atoms with Crippen molar-refractivity contribution < 1.29 is 29.6 Å². The Labute approximate surface area is 173 Å². The zero-order valence-corrected chi connectivity index (χ0v) is 16.8. The number of carbonyl (C=O) groups is 2. The molecule has 154 valence electrons. The first kappa shape index (κ1) is 22.4. The molecule has 0 aliphatic heterocycles. The molecule has 0 spiro atoms. The van der Waals surface area contributed by atoms with Crippen LogP contribution in [0, 0.1) is 5.92 Å². The maximum absolute atomic E-state index is 12.1. The number of phenolic OH excluding ortho intramolecular Hbond substituents is 2. The first-order valence-corrected chi connectivity index (χ1v) is 9.28. The van der Waals surface area contributed by atoms with Gasteiger partial charge in [-0.05, 0) is 23.8 Å². The lowest BCUT2D eigenvalue weighted by atomic mass is 10.0. The fraction of sp³-hybridized carbons (Fsp3) is 0.286. The highest BCUT2D eigenvalue weighted by molar-refractivity contribution is 6.31. The Morgan fingerprint density at radius 1 is 1.17 bits per heavy atom. The Morgan fingerprint density at radius 2 is 1.83 bits per heavy atom. The Kier molecular flexibility index (Phi) is 7.75. The molecule has 0 amide bonds. The lowest BCUT2D eigenvalue weighted by molar-refractivity contribution is -0.137. The smallest absolute Gasteiger partial charge is 0.313 e. The summed E-state index contributed by atoms with van der Waals surface area (Å²) in [7, 11) is 0. The highest BCUT2D eigenvalue weighted by Gasteiger charge is 2.19. The number of halogens is 1. The molecule has 2 rings (SSSR count). The molecule has 7 nitrogen and oxygen atoms in total. The number of nitrogens with zero attached hydrogens (tertiary/aromatic N) is 1. The second-order valence-electron chi connectivity index (χ2n) is 6.71. The number of esters is 1. The van der Waals surface area contributed by atoms with Gasteiger partial charge in [-0.3, -0.25) is 14.6 Å². The molecule has 0 saturated heterocycles. The molecule has 0 bridgehead atoms. The fourth-order valence-electron chi connectivity index (χ4n) is 2.41. The van der Waals surface area contributed by atoms with Gasteiger partial charge in [0.2, 0.25) is 0 Å². The monoisotopic (exact) mass is 419 g/mol. The van der Waals surface area contributed by atoms with Gasteiger partial charge in [0, 0.05) is 29.3 Å². The predicted octanol–water partition coefficient (Wildman–Crippen LogP) is 2.90. The number of aromatic hydroxyl groups is 2. The molecule has 0 heterocycles. The van der Waals surface area contributed by atoms with Gasteiger partial charge in [-0.2, -0.15) is 0 Å². The van der Waals surface area contributed by atoms with Crippen molar-refractivity contribution in [2.75, 3.05) is 6.61 Å². The number of phenols is 2. The number of Topliss-reactive ketones (excluding diaryl/α,β-unsaturated/α-hetero) is 1. The van der Waals surface area contributed by atoms with Crippen molar-refractivity contribution >= 4 is 29.6 Å². The second kappa shape index (κ2) is 10.0. The predicted molar refractivity (Wildman–Crippen MR) is 109 cm³/mol. The summed E-state index contributed by atoms with van der Waals surface area (Å²) in [4.78, 5) is 28.3. The molecule has 0 radical (unpaired) electrons. The van der Waals surface area contributed by atoms with Crippen LogP contribution < -0.4 is 4.74 Å². The van der Waals surface area contributed by atoms with Crippen molar-refractivity contribution in [3.63, 3.8) is 0 Å². The summed E-state index contributed by atoms with van der Waals surface area (Å²) in [5.41, 5.74) is 0.942. The van der Waals surface area contributed by atoms with E-state index in [0.717, 1.165) is 5.56 Å². The van der Waals surface area contributed by atoms with E-state index in [1.54, 1.807) is 26.0 Å². The van der Waals surface area contributed by atoms with E-state index in [0.29, 0.717) is 0 Å². The molecule has 0 aliphatic rings. The molecule has 29 heavy (non-hydrogen) atoms. The summed E-state index contributed by atoms with van der Waals surface area (Å²) >= 11 is 5.98. The Morgan fingerprint density at radius 3 is 2.41 bits per heavy atom. The third kappa shape index (κ3) is 6.30. The van der Waals surface area contributed by atoms with E-state index >= 15 is 0 Å². The third-order valence-electron chi connectivity index (χ3n) is 4.02. The van der Waals surface area contributed by atoms with Gasteiger partial charge in [0.25, 0.3) is 0 Å². The van der Waals surface area contributed by atoms with E-state index in [1.165, 1.54) is 30.5 Å². The van der Waals surface area contributed by atoms with E-state index in [1.807, 2.05) is 0 Å². The standard InChI is InChI=1S/C21H22ClNO6/c1-12(2)21(28)29-20-14(8-15(22)9-18(20)26)10-23-17(19(27)11-24)7-13-3-5-16(25)6-4-13/h3-6,8-10,12,17,24-26H,7,11H2,1-2H3. The summed E-state index contributed by atoms with van der Waals surface area (Å²) < 4.78 is 5.24. The molecular formula is C21H22ClNO6. The average molecular weight is 420 g/mol. The van der Waals surface area contributed by atoms with Crippen LogP contribution >= 0.6 is 11.6 Å². The van der Waals surface area contributed by atoms with Crippen molar-refractivity contribution in [2.24, 2.45) is 10.9 Å². The molecule has 0 saturated carbocycles. The van der Waals surface area contributed by atoms with Crippen LogP contribution in [0.15, 0.2) is 41.4 Å². The molecule has 1 atom stereocenters. The normalized spacial score (nSPS) is 12.3. The number of benzene rings is 2. The van der Waals surface area contributed by atoms with Gasteiger partial charge in [0.15, 0.2) is 17.3 Å². The second-order valence-corrected chi connectivity index (χ2v) is 7.14. The highest BCUT2D eigenvalue weighted by atomic mass is 35.5. The van der Waals surface area contributed by atoms with Gasteiger partial charge < -0.3 is 20.1 Å². The Bertz CT molecular complexity index is 908. The lowest BCUT2D eigenvalue weighted by Gasteiger charge is -2.13. The van der Waals surface area contributed by atoms with E-state index in [9.17, 15) is 24.9 Å². The van der Waals surface area contributed by atoms with Gasteiger partial charge in [-0.25, -0.2) is 0 Å². The minimum atomic E-state index is -0.917. The van der Waals surface area contributed by atoms with Crippen molar-refractivity contribution in [3.8, 4) is 17.2 Å². The Hall–Kier alpha value is -2.90. The topological polar surface area (TPSA) is 116 Å². The number of hydrogen-bond acceptors (Lipinski definition) is 7. The molecule has 8 heteroatoms. The summed E-state index contributed by atoms with van der Waals surface area (Å²) in [5, 5.41) is 29.0. The van der Waals surface area contributed by atoms with E-state index in [-0.39, 0.29) is 34.3 Å². The number of hydrogen-bond donors (Lipinski definition) is 3. The van der Waals surface area contributed by atoms with Crippen LogP contribution in [0.25, 0.3) is 0 Å². The quantitative estimate of drug-likeness (QED) is 0.344. The minimum absolute atomic E-state index is 0.0910. The number of aliphatic hydroxyl groups is 1. The van der Waals surface area contributed by atoms with Crippen molar-refractivity contribution in [2.45, 2.75) is 26.3 Å². The summed E-state index contributed by atoms with van der Waals surface area (Å²) in [5.74, 6) is -1.85. The molecule has 0 aromatic heterocycles. The van der Waals surface area contributed by atoms with Crippen LogP contribution in [0.5, 0.6) is 17.2 Å². The van der Waals surface area contributed by atoms with Crippen LogP contribution in [0.3, 0.4) is 0 Å². The fourth-order valence-corrected chi connectivity index (χ4v) is 2.63.